The second-order valence-electron chi connectivity index (χ2n) is 3.37. The molecule has 0 aliphatic heterocycles. The fraction of sp³-hybridized carbons (Fsp3) is 0.167. The highest BCUT2D eigenvalue weighted by molar-refractivity contribution is 6.71. The molecule has 0 fully saturated rings. The number of allylic oxidation sites excluding steroid dienone is 2. The average Bonchev–Trinajstić information content (AvgIpc) is 2.19. The predicted molar refractivity (Wildman–Crippen MR) is 64.9 cm³/mol. The molecule has 0 aliphatic rings. The van der Waals surface area contributed by atoms with Crippen molar-refractivity contribution in [3.63, 3.8) is 0 Å². The topological polar surface area (TPSA) is 9.23 Å². The summed E-state index contributed by atoms with van der Waals surface area (Å²) in [5, 5.41) is 1.36. The molecular formula is C12H16OSi. The molecule has 0 unspecified atom stereocenters. The quantitative estimate of drug-likeness (QED) is 0.416. The van der Waals surface area contributed by atoms with Crippen molar-refractivity contribution in [2.75, 3.05) is 0 Å². The molecule has 0 atom stereocenters. The van der Waals surface area contributed by atoms with E-state index in [-0.39, 0.29) is 0 Å². The van der Waals surface area contributed by atoms with Crippen LogP contribution in [0.3, 0.4) is 0 Å². The second kappa shape index (κ2) is 5.45. The Morgan fingerprint density at radius 1 is 1.29 bits per heavy atom. The van der Waals surface area contributed by atoms with Gasteiger partial charge < -0.3 is 4.74 Å². The first-order valence-electron chi connectivity index (χ1n) is 4.79. The molecule has 1 aromatic carbocycles. The standard InChI is InChI=1S/C12H16OSi/c1-4-5-10-13-11-8-6-7-9-12(11)14(2)3/h4-10,14H,1H2,2-3H3. The minimum absolute atomic E-state index is 0.804. The summed E-state index contributed by atoms with van der Waals surface area (Å²) in [5.41, 5.74) is 0. The summed E-state index contributed by atoms with van der Waals surface area (Å²) in [6.45, 7) is 8.17. The first-order valence-corrected chi connectivity index (χ1v) is 7.67. The van der Waals surface area contributed by atoms with Crippen LogP contribution in [-0.4, -0.2) is 8.80 Å². The van der Waals surface area contributed by atoms with Gasteiger partial charge in [-0.1, -0.05) is 43.9 Å². The number of hydrogen-bond donors (Lipinski definition) is 0. The second-order valence-corrected chi connectivity index (χ2v) is 6.31. The van der Waals surface area contributed by atoms with Crippen LogP contribution < -0.4 is 9.92 Å². The third-order valence-corrected chi connectivity index (χ3v) is 3.67. The van der Waals surface area contributed by atoms with E-state index >= 15 is 0 Å². The van der Waals surface area contributed by atoms with Crippen LogP contribution >= 0.6 is 0 Å². The molecule has 0 bridgehead atoms. The molecule has 0 N–H and O–H groups in total. The van der Waals surface area contributed by atoms with Gasteiger partial charge in [0, 0.05) is 0 Å². The van der Waals surface area contributed by atoms with E-state index < -0.39 is 8.80 Å². The van der Waals surface area contributed by atoms with E-state index in [0.29, 0.717) is 0 Å². The van der Waals surface area contributed by atoms with Gasteiger partial charge in [0.1, 0.15) is 5.75 Å². The third-order valence-electron chi connectivity index (χ3n) is 1.95. The largest absolute Gasteiger partial charge is 0.465 e. The molecule has 0 aromatic heterocycles. The van der Waals surface area contributed by atoms with E-state index in [1.807, 2.05) is 12.1 Å². The Kier molecular flexibility index (Phi) is 4.20. The molecule has 0 saturated carbocycles. The van der Waals surface area contributed by atoms with Crippen LogP contribution in [0.4, 0.5) is 0 Å². The van der Waals surface area contributed by atoms with Crippen molar-refractivity contribution in [1.82, 2.24) is 0 Å². The normalized spacial score (nSPS) is 10.8. The van der Waals surface area contributed by atoms with Crippen molar-refractivity contribution in [2.24, 2.45) is 0 Å². The summed E-state index contributed by atoms with van der Waals surface area (Å²) in [4.78, 5) is 0. The molecule has 2 heteroatoms. The number of ether oxygens (including phenoxy) is 1. The van der Waals surface area contributed by atoms with Gasteiger partial charge in [0.2, 0.25) is 0 Å². The maximum Gasteiger partial charge on any atom is 0.125 e. The summed E-state index contributed by atoms with van der Waals surface area (Å²) in [6, 6.07) is 8.22. The number of para-hydroxylation sites is 1. The zero-order chi connectivity index (χ0) is 10.4. The maximum atomic E-state index is 5.52. The van der Waals surface area contributed by atoms with E-state index in [0.717, 1.165) is 5.75 Å². The Morgan fingerprint density at radius 3 is 2.64 bits per heavy atom. The molecule has 1 nitrogen and oxygen atoms in total. The summed E-state index contributed by atoms with van der Waals surface area (Å²) in [5.74, 6) is 0.979. The Morgan fingerprint density at radius 2 is 2.00 bits per heavy atom. The Labute approximate surface area is 87.3 Å². The van der Waals surface area contributed by atoms with Crippen molar-refractivity contribution in [3.8, 4) is 5.75 Å². The monoisotopic (exact) mass is 204 g/mol. The number of hydrogen-bond acceptors (Lipinski definition) is 1. The third kappa shape index (κ3) is 2.89. The van der Waals surface area contributed by atoms with Crippen molar-refractivity contribution >= 4 is 14.0 Å². The zero-order valence-corrected chi connectivity index (χ0v) is 9.89. The van der Waals surface area contributed by atoms with Crippen LogP contribution in [-0.2, 0) is 0 Å². The van der Waals surface area contributed by atoms with Crippen LogP contribution in [0.1, 0.15) is 0 Å². The lowest BCUT2D eigenvalue weighted by molar-refractivity contribution is 0.485. The molecule has 0 radical (unpaired) electrons. The SMILES string of the molecule is C=CC=COc1ccccc1[SiH](C)C. The molecule has 0 amide bonds. The molecule has 0 aliphatic carbocycles. The van der Waals surface area contributed by atoms with Gasteiger partial charge in [-0.25, -0.2) is 0 Å². The van der Waals surface area contributed by atoms with Crippen molar-refractivity contribution < 1.29 is 4.74 Å². The van der Waals surface area contributed by atoms with Crippen LogP contribution in [0.5, 0.6) is 5.75 Å². The number of rotatable bonds is 4. The highest BCUT2D eigenvalue weighted by Gasteiger charge is 2.06. The first kappa shape index (κ1) is 10.8. The molecule has 14 heavy (non-hydrogen) atoms. The van der Waals surface area contributed by atoms with Gasteiger partial charge in [0.15, 0.2) is 0 Å². The molecule has 0 spiro atoms. The van der Waals surface area contributed by atoms with Crippen molar-refractivity contribution in [2.45, 2.75) is 13.1 Å². The van der Waals surface area contributed by atoms with Gasteiger partial charge in [-0.2, -0.15) is 0 Å². The van der Waals surface area contributed by atoms with Gasteiger partial charge >= 0.3 is 0 Å². The molecule has 1 aromatic rings. The number of benzene rings is 1. The van der Waals surface area contributed by atoms with Gasteiger partial charge in [0.25, 0.3) is 0 Å². The minimum atomic E-state index is -0.804. The maximum absolute atomic E-state index is 5.52. The minimum Gasteiger partial charge on any atom is -0.465 e. The zero-order valence-electron chi connectivity index (χ0n) is 8.73. The first-order chi connectivity index (χ1) is 6.75. The van der Waals surface area contributed by atoms with E-state index in [4.69, 9.17) is 4.74 Å². The highest BCUT2D eigenvalue weighted by atomic mass is 28.3. The molecule has 0 saturated heterocycles. The van der Waals surface area contributed by atoms with Gasteiger partial charge in [-0.05, 0) is 17.3 Å². The molecule has 74 valence electrons. The highest BCUT2D eigenvalue weighted by Crippen LogP contribution is 2.08. The van der Waals surface area contributed by atoms with E-state index in [2.05, 4.69) is 31.8 Å². The summed E-state index contributed by atoms with van der Waals surface area (Å²) in [7, 11) is -0.804. The Balaban J connectivity index is 2.84. The van der Waals surface area contributed by atoms with Crippen molar-refractivity contribution in [1.29, 1.82) is 0 Å². The van der Waals surface area contributed by atoms with Gasteiger partial charge in [-0.15, -0.1) is 0 Å². The fourth-order valence-electron chi connectivity index (χ4n) is 1.23. The predicted octanol–water partition coefficient (Wildman–Crippen LogP) is 2.46. The van der Waals surface area contributed by atoms with Crippen LogP contribution in [0.2, 0.25) is 13.1 Å². The Bertz CT molecular complexity index is 329. The summed E-state index contributed by atoms with van der Waals surface area (Å²) in [6.07, 6.45) is 5.16. The van der Waals surface area contributed by atoms with Gasteiger partial charge in [0.05, 0.1) is 15.1 Å². The van der Waals surface area contributed by atoms with Crippen LogP contribution in [0.25, 0.3) is 0 Å². The van der Waals surface area contributed by atoms with E-state index in [1.165, 1.54) is 5.19 Å². The smallest absolute Gasteiger partial charge is 0.125 e. The summed E-state index contributed by atoms with van der Waals surface area (Å²) >= 11 is 0. The lowest BCUT2D eigenvalue weighted by Gasteiger charge is -2.09. The lowest BCUT2D eigenvalue weighted by Crippen LogP contribution is -2.23. The molecule has 0 heterocycles. The summed E-state index contributed by atoms with van der Waals surface area (Å²) < 4.78 is 5.52. The average molecular weight is 204 g/mol. The molecular weight excluding hydrogens is 188 g/mol. The fourth-order valence-corrected chi connectivity index (χ4v) is 2.46. The lowest BCUT2D eigenvalue weighted by atomic mass is 10.3. The van der Waals surface area contributed by atoms with Crippen LogP contribution in [0.15, 0.2) is 49.3 Å². The van der Waals surface area contributed by atoms with Crippen molar-refractivity contribution in [3.05, 3.63) is 49.3 Å². The van der Waals surface area contributed by atoms with E-state index in [9.17, 15) is 0 Å². The Hall–Kier alpha value is -1.28. The molecule has 1 rings (SSSR count). The van der Waals surface area contributed by atoms with Crippen LogP contribution in [0, 0.1) is 0 Å². The van der Waals surface area contributed by atoms with E-state index in [1.54, 1.807) is 18.4 Å². The van der Waals surface area contributed by atoms with Gasteiger partial charge in [-0.3, -0.25) is 0 Å².